The van der Waals surface area contributed by atoms with Crippen LogP contribution in [0.1, 0.15) is 42.4 Å². The lowest BCUT2D eigenvalue weighted by atomic mass is 9.92. The highest BCUT2D eigenvalue weighted by Gasteiger charge is 2.22. The van der Waals surface area contributed by atoms with Crippen LogP contribution in [-0.2, 0) is 5.41 Å². The zero-order valence-corrected chi connectivity index (χ0v) is 15.6. The fourth-order valence-corrected chi connectivity index (χ4v) is 2.64. The van der Waals surface area contributed by atoms with Crippen molar-refractivity contribution in [2.24, 2.45) is 0 Å². The van der Waals surface area contributed by atoms with E-state index in [0.717, 1.165) is 29.2 Å². The average molecular weight is 368 g/mol. The first-order chi connectivity index (χ1) is 12.7. The van der Waals surface area contributed by atoms with Gasteiger partial charge in [0.15, 0.2) is 0 Å². The summed E-state index contributed by atoms with van der Waals surface area (Å²) in [5, 5.41) is 17.1. The summed E-state index contributed by atoms with van der Waals surface area (Å²) in [6.07, 6.45) is 0.980. The lowest BCUT2D eigenvalue weighted by Crippen LogP contribution is -2.13. The molecule has 27 heavy (non-hydrogen) atoms. The van der Waals surface area contributed by atoms with Crippen molar-refractivity contribution in [3.05, 3.63) is 65.2 Å². The van der Waals surface area contributed by atoms with Crippen molar-refractivity contribution in [1.29, 1.82) is 0 Å². The van der Waals surface area contributed by atoms with Gasteiger partial charge in [0.1, 0.15) is 23.0 Å². The highest BCUT2D eigenvalue weighted by molar-refractivity contribution is 5.93. The maximum atomic E-state index is 13.4. The normalized spacial score (nSPS) is 11.4. The van der Waals surface area contributed by atoms with Gasteiger partial charge in [-0.15, -0.1) is 0 Å². The fourth-order valence-electron chi connectivity index (χ4n) is 2.64. The molecule has 6 nitrogen and oxygen atoms in total. The Kier molecular flexibility index (Phi) is 4.70. The maximum absolute atomic E-state index is 13.4. The van der Waals surface area contributed by atoms with Crippen LogP contribution in [-0.4, -0.2) is 25.8 Å². The smallest absolute Gasteiger partial charge is 0.339 e. The molecular formula is C20H21FN4O2. The predicted molar refractivity (Wildman–Crippen MR) is 101 cm³/mol. The second-order valence-electron chi connectivity index (χ2n) is 7.34. The van der Waals surface area contributed by atoms with E-state index in [1.54, 1.807) is 4.68 Å². The van der Waals surface area contributed by atoms with Gasteiger partial charge in [-0.25, -0.2) is 18.9 Å². The molecule has 2 N–H and O–H groups in total. The highest BCUT2D eigenvalue weighted by Crippen LogP contribution is 2.29. The summed E-state index contributed by atoms with van der Waals surface area (Å²) >= 11 is 0. The molecule has 0 spiro atoms. The van der Waals surface area contributed by atoms with Crippen LogP contribution in [0.25, 0.3) is 5.69 Å². The average Bonchev–Trinajstić information content (AvgIpc) is 3.00. The quantitative estimate of drug-likeness (QED) is 0.711. The summed E-state index contributed by atoms with van der Waals surface area (Å²) in [6.45, 7) is 8.09. The molecule has 0 atom stereocenters. The maximum Gasteiger partial charge on any atom is 0.339 e. The third-order valence-corrected chi connectivity index (χ3v) is 4.15. The first-order valence-corrected chi connectivity index (χ1v) is 8.49. The molecular weight excluding hydrogens is 347 g/mol. The molecule has 0 fully saturated rings. The number of anilines is 2. The van der Waals surface area contributed by atoms with Crippen molar-refractivity contribution >= 4 is 17.6 Å². The molecule has 7 heteroatoms. The molecule has 0 bridgehead atoms. The number of carboxylic acid groups (broad SMARTS) is 1. The second kappa shape index (κ2) is 6.83. The Labute approximate surface area is 156 Å². The molecule has 3 rings (SSSR count). The molecule has 0 unspecified atom stereocenters. The predicted octanol–water partition coefficient (Wildman–Crippen LogP) is 4.45. The molecule has 140 valence electrons. The SMILES string of the molecule is Cc1ccccc1-n1nc(C(C)(C)C)cc1Nc1ncc(F)cc1C(=O)O. The van der Waals surface area contributed by atoms with Gasteiger partial charge in [-0.2, -0.15) is 5.10 Å². The summed E-state index contributed by atoms with van der Waals surface area (Å²) < 4.78 is 15.1. The molecule has 0 aliphatic carbocycles. The van der Waals surface area contributed by atoms with Crippen molar-refractivity contribution in [1.82, 2.24) is 14.8 Å². The van der Waals surface area contributed by atoms with E-state index in [4.69, 9.17) is 5.10 Å². The van der Waals surface area contributed by atoms with E-state index < -0.39 is 11.8 Å². The Morgan fingerprint density at radius 1 is 1.22 bits per heavy atom. The fraction of sp³-hybridized carbons (Fsp3) is 0.250. The van der Waals surface area contributed by atoms with E-state index >= 15 is 0 Å². The van der Waals surface area contributed by atoms with Crippen molar-refractivity contribution in [2.45, 2.75) is 33.1 Å². The van der Waals surface area contributed by atoms with Gasteiger partial charge < -0.3 is 10.4 Å². The van der Waals surface area contributed by atoms with Crippen LogP contribution in [0.4, 0.5) is 16.0 Å². The van der Waals surface area contributed by atoms with Gasteiger partial charge in [-0.3, -0.25) is 0 Å². The summed E-state index contributed by atoms with van der Waals surface area (Å²) in [5.74, 6) is -1.36. The number of nitrogens with zero attached hydrogens (tertiary/aromatic N) is 3. The summed E-state index contributed by atoms with van der Waals surface area (Å²) in [5.41, 5.74) is 2.23. The van der Waals surface area contributed by atoms with Gasteiger partial charge in [0, 0.05) is 11.5 Å². The third kappa shape index (κ3) is 3.81. The van der Waals surface area contributed by atoms with Crippen molar-refractivity contribution in [2.75, 3.05) is 5.32 Å². The number of hydrogen-bond donors (Lipinski definition) is 2. The Morgan fingerprint density at radius 2 is 1.93 bits per heavy atom. The van der Waals surface area contributed by atoms with Crippen molar-refractivity contribution < 1.29 is 14.3 Å². The molecule has 0 aliphatic heterocycles. The molecule has 0 amide bonds. The second-order valence-corrected chi connectivity index (χ2v) is 7.34. The van der Waals surface area contributed by atoms with E-state index in [-0.39, 0.29) is 16.8 Å². The number of aryl methyl sites for hydroxylation is 1. The van der Waals surface area contributed by atoms with Crippen LogP contribution in [0.2, 0.25) is 0 Å². The topological polar surface area (TPSA) is 80.0 Å². The first-order valence-electron chi connectivity index (χ1n) is 8.49. The molecule has 3 aromatic rings. The number of halogens is 1. The lowest BCUT2D eigenvalue weighted by Gasteiger charge is -2.14. The van der Waals surface area contributed by atoms with Gasteiger partial charge in [0.05, 0.1) is 17.6 Å². The van der Waals surface area contributed by atoms with Crippen LogP contribution in [0.5, 0.6) is 0 Å². The van der Waals surface area contributed by atoms with Crippen LogP contribution < -0.4 is 5.32 Å². The number of rotatable bonds is 4. The minimum atomic E-state index is -1.26. The summed E-state index contributed by atoms with van der Waals surface area (Å²) in [4.78, 5) is 15.4. The minimum absolute atomic E-state index is 0.0547. The van der Waals surface area contributed by atoms with Gasteiger partial charge in [0.2, 0.25) is 0 Å². The molecule has 1 aromatic carbocycles. The van der Waals surface area contributed by atoms with Crippen molar-refractivity contribution in [3.8, 4) is 5.69 Å². The largest absolute Gasteiger partial charge is 0.478 e. The van der Waals surface area contributed by atoms with Crippen LogP contribution in [0, 0.1) is 12.7 Å². The number of carbonyl (C=O) groups is 1. The van der Waals surface area contributed by atoms with Crippen LogP contribution in [0.3, 0.4) is 0 Å². The summed E-state index contributed by atoms with van der Waals surface area (Å²) in [6, 6.07) is 10.5. The molecule has 2 heterocycles. The Balaban J connectivity index is 2.15. The number of para-hydroxylation sites is 1. The Bertz CT molecular complexity index is 1010. The van der Waals surface area contributed by atoms with Gasteiger partial charge in [0.25, 0.3) is 0 Å². The number of aromatic nitrogens is 3. The van der Waals surface area contributed by atoms with E-state index in [0.29, 0.717) is 5.82 Å². The minimum Gasteiger partial charge on any atom is -0.478 e. The molecule has 0 saturated heterocycles. The Hall–Kier alpha value is -3.22. The molecule has 0 aliphatic rings. The van der Waals surface area contributed by atoms with E-state index in [2.05, 4.69) is 10.3 Å². The van der Waals surface area contributed by atoms with Crippen LogP contribution >= 0.6 is 0 Å². The van der Waals surface area contributed by atoms with Gasteiger partial charge in [-0.05, 0) is 24.6 Å². The molecule has 0 saturated carbocycles. The third-order valence-electron chi connectivity index (χ3n) is 4.15. The van der Waals surface area contributed by atoms with E-state index in [9.17, 15) is 14.3 Å². The van der Waals surface area contributed by atoms with Gasteiger partial charge in [-0.1, -0.05) is 39.0 Å². The number of pyridine rings is 1. The standard InChI is InChI=1S/C20H21FN4O2/c1-12-7-5-6-8-15(12)25-17(10-16(24-25)20(2,3)4)23-18-14(19(26)27)9-13(21)11-22-18/h5-11H,1-4H3,(H,22,23)(H,26,27). The van der Waals surface area contributed by atoms with E-state index in [1.807, 2.05) is 58.0 Å². The number of benzene rings is 1. The highest BCUT2D eigenvalue weighted by atomic mass is 19.1. The van der Waals surface area contributed by atoms with E-state index in [1.165, 1.54) is 0 Å². The monoisotopic (exact) mass is 368 g/mol. The number of aromatic carboxylic acids is 1. The zero-order valence-electron chi connectivity index (χ0n) is 15.6. The number of nitrogens with one attached hydrogen (secondary N) is 1. The molecule has 0 radical (unpaired) electrons. The zero-order chi connectivity index (χ0) is 19.8. The first kappa shape index (κ1) is 18.6. The van der Waals surface area contributed by atoms with Crippen LogP contribution in [0.15, 0.2) is 42.6 Å². The van der Waals surface area contributed by atoms with Gasteiger partial charge >= 0.3 is 5.97 Å². The lowest BCUT2D eigenvalue weighted by molar-refractivity contribution is 0.0697. The Morgan fingerprint density at radius 3 is 2.56 bits per heavy atom. The number of hydrogen-bond acceptors (Lipinski definition) is 4. The molecule has 2 aromatic heterocycles. The summed E-state index contributed by atoms with van der Waals surface area (Å²) in [7, 11) is 0. The number of carboxylic acids is 1. The van der Waals surface area contributed by atoms with Crippen molar-refractivity contribution in [3.63, 3.8) is 0 Å².